The summed E-state index contributed by atoms with van der Waals surface area (Å²) in [7, 11) is 3.03. The number of carbonyl (C=O) groups excluding carboxylic acids is 1. The number of carbonyl (C=O) groups is 1. The number of hydrogen-bond acceptors (Lipinski definition) is 5. The number of aryl methyl sites for hydroxylation is 1. The Bertz CT molecular complexity index is 545. The number of rotatable bonds is 6. The van der Waals surface area contributed by atoms with Crippen LogP contribution in [0, 0.1) is 5.92 Å². The van der Waals surface area contributed by atoms with E-state index in [9.17, 15) is 4.79 Å². The molecule has 0 bridgehead atoms. The monoisotopic (exact) mass is 320 g/mol. The van der Waals surface area contributed by atoms with Gasteiger partial charge in [-0.25, -0.2) is 0 Å². The highest BCUT2D eigenvalue weighted by molar-refractivity contribution is 5.72. The van der Waals surface area contributed by atoms with E-state index in [0.717, 1.165) is 22.9 Å². The molecule has 0 spiro atoms. The average Bonchev–Trinajstić information content (AvgIpc) is 2.54. The summed E-state index contributed by atoms with van der Waals surface area (Å²) in [4.78, 5) is 11.3. The molecule has 128 valence electrons. The van der Waals surface area contributed by atoms with E-state index in [0.29, 0.717) is 24.6 Å². The fraction of sp³-hybridized carbons (Fsp3) is 0.611. The molecule has 1 aliphatic rings. The molecule has 0 saturated heterocycles. The van der Waals surface area contributed by atoms with Crippen LogP contribution in [0.3, 0.4) is 0 Å². The molecule has 1 aromatic rings. The van der Waals surface area contributed by atoms with E-state index in [2.05, 4.69) is 17.0 Å². The Hall–Kier alpha value is -1.91. The van der Waals surface area contributed by atoms with Gasteiger partial charge in [0.2, 0.25) is 0 Å². The zero-order chi connectivity index (χ0) is 16.8. The highest BCUT2D eigenvalue weighted by atomic mass is 16.5. The van der Waals surface area contributed by atoms with E-state index >= 15 is 0 Å². The second-order valence-corrected chi connectivity index (χ2v) is 6.44. The molecule has 0 heterocycles. The molecule has 5 nitrogen and oxygen atoms in total. The van der Waals surface area contributed by atoms with Crippen molar-refractivity contribution in [2.24, 2.45) is 5.92 Å². The van der Waals surface area contributed by atoms with Gasteiger partial charge in [-0.2, -0.15) is 0 Å². The lowest BCUT2D eigenvalue weighted by molar-refractivity contribution is -0.140. The third kappa shape index (κ3) is 4.78. The minimum Gasteiger partial charge on any atom is -0.496 e. The normalized spacial score (nSPS) is 20.8. The van der Waals surface area contributed by atoms with Crippen LogP contribution in [-0.4, -0.2) is 26.2 Å². The first-order valence-electron chi connectivity index (χ1n) is 8.33. The van der Waals surface area contributed by atoms with E-state index in [-0.39, 0.29) is 5.97 Å². The lowest BCUT2D eigenvalue weighted by Gasteiger charge is -2.29. The van der Waals surface area contributed by atoms with Crippen molar-refractivity contribution < 1.29 is 14.3 Å². The van der Waals surface area contributed by atoms with Crippen LogP contribution in [0.5, 0.6) is 5.75 Å². The Morgan fingerprint density at radius 2 is 2.13 bits per heavy atom. The maximum Gasteiger partial charge on any atom is 0.305 e. The summed E-state index contributed by atoms with van der Waals surface area (Å²) >= 11 is 0. The molecule has 0 aliphatic heterocycles. The Morgan fingerprint density at radius 3 is 2.78 bits per heavy atom. The van der Waals surface area contributed by atoms with Crippen molar-refractivity contribution in [1.29, 1.82) is 0 Å². The Morgan fingerprint density at radius 1 is 1.35 bits per heavy atom. The fourth-order valence-electron chi connectivity index (χ4n) is 3.28. The fourth-order valence-corrected chi connectivity index (χ4v) is 3.28. The molecule has 0 radical (unpaired) electrons. The highest BCUT2D eigenvalue weighted by Gasteiger charge is 2.20. The zero-order valence-electron chi connectivity index (χ0n) is 14.4. The predicted molar refractivity (Wildman–Crippen MR) is 92.8 cm³/mol. The number of esters is 1. The van der Waals surface area contributed by atoms with E-state index in [1.165, 1.54) is 32.8 Å². The lowest BCUT2D eigenvalue weighted by Crippen LogP contribution is -2.26. The molecular weight excluding hydrogens is 292 g/mol. The Balaban J connectivity index is 2.10. The molecule has 0 aromatic heterocycles. The van der Waals surface area contributed by atoms with Crippen molar-refractivity contribution in [1.82, 2.24) is 0 Å². The maximum atomic E-state index is 11.3. The maximum absolute atomic E-state index is 11.3. The third-order valence-electron chi connectivity index (χ3n) is 4.57. The van der Waals surface area contributed by atoms with E-state index in [1.54, 1.807) is 7.11 Å². The van der Waals surface area contributed by atoms with E-state index < -0.39 is 0 Å². The number of nitrogens with one attached hydrogen (secondary N) is 1. The van der Waals surface area contributed by atoms with Gasteiger partial charge in [0, 0.05) is 18.5 Å². The van der Waals surface area contributed by atoms with Crippen molar-refractivity contribution in [2.45, 2.75) is 51.5 Å². The second-order valence-electron chi connectivity index (χ2n) is 6.44. The summed E-state index contributed by atoms with van der Waals surface area (Å²) in [6.07, 6.45) is 5.79. The van der Waals surface area contributed by atoms with Crippen LogP contribution in [0.2, 0.25) is 0 Å². The van der Waals surface area contributed by atoms with Crippen LogP contribution >= 0.6 is 0 Å². The molecule has 3 N–H and O–H groups in total. The van der Waals surface area contributed by atoms with Crippen molar-refractivity contribution >= 4 is 17.3 Å². The minimum absolute atomic E-state index is 0.232. The SMILES string of the molecule is COC(=O)CCc1cc(N)c(NC2CCCC(C)C2)cc1OC. The van der Waals surface area contributed by atoms with Crippen molar-refractivity contribution in [2.75, 3.05) is 25.3 Å². The molecular formula is C18H28N2O3. The first kappa shape index (κ1) is 17.4. The van der Waals surface area contributed by atoms with Gasteiger partial charge in [0.1, 0.15) is 5.75 Å². The molecule has 1 aromatic carbocycles. The number of methoxy groups -OCH3 is 2. The van der Waals surface area contributed by atoms with Crippen LogP contribution in [0.1, 0.15) is 44.6 Å². The topological polar surface area (TPSA) is 73.6 Å². The van der Waals surface area contributed by atoms with Gasteiger partial charge in [0.15, 0.2) is 0 Å². The van der Waals surface area contributed by atoms with Gasteiger partial charge in [-0.3, -0.25) is 4.79 Å². The largest absolute Gasteiger partial charge is 0.496 e. The van der Waals surface area contributed by atoms with Gasteiger partial charge in [-0.15, -0.1) is 0 Å². The zero-order valence-corrected chi connectivity index (χ0v) is 14.4. The summed E-state index contributed by atoms with van der Waals surface area (Å²) in [5.41, 5.74) is 8.75. The standard InChI is InChI=1S/C18H28N2O3/c1-12-5-4-6-14(9-12)20-16-11-17(22-2)13(10-15(16)19)7-8-18(21)23-3/h10-12,14,20H,4-9,19H2,1-3H3. The molecule has 5 heteroatoms. The third-order valence-corrected chi connectivity index (χ3v) is 4.57. The number of anilines is 2. The van der Waals surface area contributed by atoms with Crippen molar-refractivity contribution in [3.05, 3.63) is 17.7 Å². The molecule has 2 rings (SSSR count). The molecule has 1 saturated carbocycles. The van der Waals surface area contributed by atoms with Gasteiger partial charge < -0.3 is 20.5 Å². The van der Waals surface area contributed by atoms with Crippen LogP contribution in [0.4, 0.5) is 11.4 Å². The molecule has 1 fully saturated rings. The van der Waals surface area contributed by atoms with Crippen LogP contribution in [0.25, 0.3) is 0 Å². The minimum atomic E-state index is -0.232. The summed E-state index contributed by atoms with van der Waals surface area (Å²) in [6.45, 7) is 2.30. The lowest BCUT2D eigenvalue weighted by atomic mass is 9.87. The highest BCUT2D eigenvalue weighted by Crippen LogP contribution is 2.33. The molecule has 2 atom stereocenters. The van der Waals surface area contributed by atoms with Gasteiger partial charge in [-0.1, -0.05) is 19.8 Å². The van der Waals surface area contributed by atoms with Gasteiger partial charge in [0.05, 0.1) is 25.6 Å². The van der Waals surface area contributed by atoms with E-state index in [1.807, 2.05) is 12.1 Å². The average molecular weight is 320 g/mol. The first-order chi connectivity index (χ1) is 11.0. The summed E-state index contributed by atoms with van der Waals surface area (Å²) in [5, 5.41) is 3.56. The van der Waals surface area contributed by atoms with Crippen LogP contribution in [0.15, 0.2) is 12.1 Å². The van der Waals surface area contributed by atoms with Crippen molar-refractivity contribution in [3.63, 3.8) is 0 Å². The number of ether oxygens (including phenoxy) is 2. The van der Waals surface area contributed by atoms with Gasteiger partial charge in [0.25, 0.3) is 0 Å². The molecule has 1 aliphatic carbocycles. The summed E-state index contributed by atoms with van der Waals surface area (Å²) < 4.78 is 10.2. The summed E-state index contributed by atoms with van der Waals surface area (Å²) in [5.74, 6) is 1.28. The number of nitrogens with two attached hydrogens (primary N) is 1. The smallest absolute Gasteiger partial charge is 0.305 e. The Kier molecular flexibility index (Phi) is 6.13. The first-order valence-corrected chi connectivity index (χ1v) is 8.33. The van der Waals surface area contributed by atoms with Crippen LogP contribution in [-0.2, 0) is 16.0 Å². The number of hydrogen-bond donors (Lipinski definition) is 2. The number of nitrogen functional groups attached to an aromatic ring is 1. The second kappa shape index (κ2) is 8.09. The molecule has 2 unspecified atom stereocenters. The molecule has 0 amide bonds. The van der Waals surface area contributed by atoms with Crippen molar-refractivity contribution in [3.8, 4) is 5.75 Å². The Labute approximate surface area is 138 Å². The van der Waals surface area contributed by atoms with E-state index in [4.69, 9.17) is 10.5 Å². The predicted octanol–water partition coefficient (Wildman–Crippen LogP) is 3.37. The number of benzene rings is 1. The summed E-state index contributed by atoms with van der Waals surface area (Å²) in [6, 6.07) is 4.31. The quantitative estimate of drug-likeness (QED) is 0.621. The van der Waals surface area contributed by atoms with Gasteiger partial charge >= 0.3 is 5.97 Å². The molecule has 23 heavy (non-hydrogen) atoms. The van der Waals surface area contributed by atoms with Gasteiger partial charge in [-0.05, 0) is 36.8 Å². The van der Waals surface area contributed by atoms with Crippen LogP contribution < -0.4 is 15.8 Å².